The van der Waals surface area contributed by atoms with E-state index in [1.807, 2.05) is 42.5 Å². The van der Waals surface area contributed by atoms with E-state index in [4.69, 9.17) is 31.5 Å². The van der Waals surface area contributed by atoms with Crippen LogP contribution in [0.5, 0.6) is 17.2 Å². The number of nitrogens with zero attached hydrogens (tertiary/aromatic N) is 2. The van der Waals surface area contributed by atoms with Gasteiger partial charge in [0, 0.05) is 53.1 Å². The lowest BCUT2D eigenvalue weighted by molar-refractivity contribution is 0.0731. The molecule has 2 heterocycles. The van der Waals surface area contributed by atoms with Crippen molar-refractivity contribution in [1.29, 1.82) is 0 Å². The maximum Gasteiger partial charge on any atom is 0.274 e. The highest BCUT2D eigenvalue weighted by atomic mass is 35.5. The smallest absolute Gasteiger partial charge is 0.274 e. The predicted octanol–water partition coefficient (Wildman–Crippen LogP) is 5.72. The number of halogens is 2. The fourth-order valence-corrected chi connectivity index (χ4v) is 5.26. The van der Waals surface area contributed by atoms with E-state index in [9.17, 15) is 9.18 Å². The first-order valence-corrected chi connectivity index (χ1v) is 13.3. The Labute approximate surface area is 242 Å². The molecule has 0 fully saturated rings. The molecule has 0 bridgehead atoms. The Hall–Kier alpha value is -4.34. The third-order valence-corrected chi connectivity index (χ3v) is 7.44. The molecule has 1 aliphatic rings. The maximum absolute atomic E-state index is 14.6. The molecule has 5 rings (SSSR count). The van der Waals surface area contributed by atoms with Gasteiger partial charge in [0.1, 0.15) is 28.8 Å². The minimum absolute atomic E-state index is 0.130. The lowest BCUT2D eigenvalue weighted by Gasteiger charge is -2.27. The first-order chi connectivity index (χ1) is 19.9. The molecule has 212 valence electrons. The first kappa shape index (κ1) is 28.2. The molecule has 1 atom stereocenters. The number of anilines is 1. The molecule has 0 spiro atoms. The highest BCUT2D eigenvalue weighted by Gasteiger charge is 2.42. The Bertz CT molecular complexity index is 1580. The van der Waals surface area contributed by atoms with Crippen LogP contribution in [0, 0.1) is 5.82 Å². The Morgan fingerprint density at radius 1 is 0.976 bits per heavy atom. The number of ether oxygens (including phenoxy) is 3. The number of rotatable bonds is 10. The molecule has 1 unspecified atom stereocenters. The number of aromatic nitrogens is 1. The van der Waals surface area contributed by atoms with Crippen LogP contribution in [0.3, 0.4) is 0 Å². The number of nitrogens with two attached hydrogens (primary N) is 1. The molecule has 0 aliphatic carbocycles. The lowest BCUT2D eigenvalue weighted by Crippen LogP contribution is -2.29. The van der Waals surface area contributed by atoms with E-state index in [2.05, 4.69) is 10.3 Å². The summed E-state index contributed by atoms with van der Waals surface area (Å²) in [4.78, 5) is 20.2. The van der Waals surface area contributed by atoms with E-state index < -0.39 is 11.9 Å². The average molecular weight is 577 g/mol. The molecule has 1 aromatic heterocycles. The van der Waals surface area contributed by atoms with Crippen molar-refractivity contribution < 1.29 is 23.4 Å². The van der Waals surface area contributed by atoms with Crippen LogP contribution in [0.15, 0.2) is 66.7 Å². The summed E-state index contributed by atoms with van der Waals surface area (Å²) in [6, 6.07) is 18.2. The number of carbonyl (C=O) groups is 1. The second-order valence-corrected chi connectivity index (χ2v) is 9.92. The summed E-state index contributed by atoms with van der Waals surface area (Å²) in [5.41, 5.74) is 10.2. The summed E-state index contributed by atoms with van der Waals surface area (Å²) in [6.45, 7) is 0.731. The lowest BCUT2D eigenvalue weighted by atomic mass is 9.97. The number of pyridine rings is 1. The predicted molar refractivity (Wildman–Crippen MR) is 155 cm³/mol. The first-order valence-electron chi connectivity index (χ1n) is 12.9. The molecule has 3 N–H and O–H groups in total. The van der Waals surface area contributed by atoms with Crippen LogP contribution in [0.25, 0.3) is 0 Å². The summed E-state index contributed by atoms with van der Waals surface area (Å²) < 4.78 is 30.8. The van der Waals surface area contributed by atoms with Crippen molar-refractivity contribution in [2.45, 2.75) is 25.7 Å². The van der Waals surface area contributed by atoms with E-state index in [-0.39, 0.29) is 24.7 Å². The summed E-state index contributed by atoms with van der Waals surface area (Å²) in [6.07, 6.45) is 0. The molecule has 3 aromatic carbocycles. The van der Waals surface area contributed by atoms with Gasteiger partial charge >= 0.3 is 0 Å². The number of hydrogen-bond acceptors (Lipinski definition) is 7. The quantitative estimate of drug-likeness (QED) is 0.249. The zero-order valence-corrected chi connectivity index (χ0v) is 23.7. The average Bonchev–Trinajstić information content (AvgIpc) is 3.27. The number of benzene rings is 3. The van der Waals surface area contributed by atoms with Gasteiger partial charge in [0.2, 0.25) is 0 Å². The van der Waals surface area contributed by atoms with Gasteiger partial charge in [-0.3, -0.25) is 4.79 Å². The van der Waals surface area contributed by atoms with Gasteiger partial charge in [0.15, 0.2) is 0 Å². The monoisotopic (exact) mass is 576 g/mol. The summed E-state index contributed by atoms with van der Waals surface area (Å²) >= 11 is 6.64. The standard InChI is InChI=1S/C31H30ClFN4O4/c1-39-22-8-4-18(5-9-22)17-37-30(24-12-20(33)7-11-25(24)32)28-26(13-21(15-34)36-29(28)31(37)38)35-16-19-6-10-23(40-2)14-27(19)41-3/h4-14,30H,15-17,34H2,1-3H3,(H,35,36). The van der Waals surface area contributed by atoms with Crippen molar-refractivity contribution in [2.75, 3.05) is 26.6 Å². The van der Waals surface area contributed by atoms with Gasteiger partial charge in [-0.2, -0.15) is 0 Å². The minimum atomic E-state index is -0.706. The number of fused-ring (bicyclic) bond motifs is 1. The van der Waals surface area contributed by atoms with Gasteiger partial charge in [-0.1, -0.05) is 23.7 Å². The molecular formula is C31H30ClFN4O4. The number of nitrogens with one attached hydrogen (secondary N) is 1. The number of carbonyl (C=O) groups excluding carboxylic acids is 1. The molecule has 41 heavy (non-hydrogen) atoms. The third kappa shape index (κ3) is 5.64. The Morgan fingerprint density at radius 2 is 1.71 bits per heavy atom. The van der Waals surface area contributed by atoms with Crippen molar-refractivity contribution in [2.24, 2.45) is 5.73 Å². The van der Waals surface area contributed by atoms with Crippen LogP contribution in [0.4, 0.5) is 10.1 Å². The fourth-order valence-electron chi connectivity index (χ4n) is 5.03. The highest BCUT2D eigenvalue weighted by molar-refractivity contribution is 6.31. The van der Waals surface area contributed by atoms with Crippen LogP contribution >= 0.6 is 11.6 Å². The SMILES string of the molecule is COc1ccc(CN2C(=O)c3nc(CN)cc(NCc4ccc(OC)cc4OC)c3C2c2cc(F)ccc2Cl)cc1. The second kappa shape index (κ2) is 12.0. The zero-order chi connectivity index (χ0) is 29.1. The van der Waals surface area contributed by atoms with Gasteiger partial charge < -0.3 is 30.2 Å². The van der Waals surface area contributed by atoms with Gasteiger partial charge in [0.05, 0.1) is 33.1 Å². The molecule has 0 saturated heterocycles. The number of amides is 1. The largest absolute Gasteiger partial charge is 0.497 e. The Morgan fingerprint density at radius 3 is 2.39 bits per heavy atom. The Kier molecular flexibility index (Phi) is 8.28. The molecule has 0 radical (unpaired) electrons. The van der Waals surface area contributed by atoms with Crippen molar-refractivity contribution in [1.82, 2.24) is 9.88 Å². The zero-order valence-electron chi connectivity index (χ0n) is 22.9. The van der Waals surface area contributed by atoms with Crippen LogP contribution in [0.2, 0.25) is 5.02 Å². The van der Waals surface area contributed by atoms with Crippen molar-refractivity contribution in [3.05, 3.63) is 111 Å². The normalized spacial score (nSPS) is 14.1. The van der Waals surface area contributed by atoms with E-state index in [0.29, 0.717) is 51.3 Å². The minimum Gasteiger partial charge on any atom is -0.497 e. The van der Waals surface area contributed by atoms with Crippen LogP contribution in [0.1, 0.15) is 44.5 Å². The summed E-state index contributed by atoms with van der Waals surface area (Å²) in [5, 5.41) is 3.79. The highest BCUT2D eigenvalue weighted by Crippen LogP contribution is 2.45. The molecule has 1 aliphatic heterocycles. The van der Waals surface area contributed by atoms with E-state index >= 15 is 0 Å². The van der Waals surface area contributed by atoms with Gasteiger partial charge in [-0.15, -0.1) is 0 Å². The van der Waals surface area contributed by atoms with Crippen molar-refractivity contribution in [3.63, 3.8) is 0 Å². The molecule has 10 heteroatoms. The molecular weight excluding hydrogens is 547 g/mol. The van der Waals surface area contributed by atoms with Gasteiger partial charge in [-0.05, 0) is 54.1 Å². The molecule has 0 saturated carbocycles. The van der Waals surface area contributed by atoms with Crippen LogP contribution in [-0.4, -0.2) is 37.1 Å². The summed E-state index contributed by atoms with van der Waals surface area (Å²) in [5.74, 6) is 1.24. The topological polar surface area (TPSA) is 98.9 Å². The third-order valence-electron chi connectivity index (χ3n) is 7.10. The maximum atomic E-state index is 14.6. The number of hydrogen-bond donors (Lipinski definition) is 2. The second-order valence-electron chi connectivity index (χ2n) is 9.51. The van der Waals surface area contributed by atoms with Crippen LogP contribution in [-0.2, 0) is 19.6 Å². The number of methoxy groups -OCH3 is 3. The van der Waals surface area contributed by atoms with Crippen molar-refractivity contribution >= 4 is 23.2 Å². The summed E-state index contributed by atoms with van der Waals surface area (Å²) in [7, 11) is 4.77. The Balaban J connectivity index is 1.61. The fraction of sp³-hybridized carbons (Fsp3) is 0.226. The van der Waals surface area contributed by atoms with E-state index in [1.165, 1.54) is 18.2 Å². The van der Waals surface area contributed by atoms with Gasteiger partial charge in [0.25, 0.3) is 5.91 Å². The van der Waals surface area contributed by atoms with Crippen LogP contribution < -0.4 is 25.3 Å². The van der Waals surface area contributed by atoms with Gasteiger partial charge in [-0.25, -0.2) is 9.37 Å². The van der Waals surface area contributed by atoms with Crippen molar-refractivity contribution in [3.8, 4) is 17.2 Å². The van der Waals surface area contributed by atoms with E-state index in [0.717, 1.165) is 11.1 Å². The molecule has 8 nitrogen and oxygen atoms in total. The van der Waals surface area contributed by atoms with E-state index in [1.54, 1.807) is 32.3 Å². The molecule has 1 amide bonds. The molecule has 4 aromatic rings.